The van der Waals surface area contributed by atoms with Crippen LogP contribution < -0.4 is 0 Å². The molecule has 0 N–H and O–H groups in total. The van der Waals surface area contributed by atoms with Crippen molar-refractivity contribution in [3.8, 4) is 0 Å². The number of esters is 1. The first-order chi connectivity index (χ1) is 11.7. The molecule has 0 saturated heterocycles. The van der Waals surface area contributed by atoms with Crippen molar-refractivity contribution in [3.05, 3.63) is 36.5 Å². The first kappa shape index (κ1) is 22.6. The SMILES string of the molecule is CCOC(=O)/C=C/CCC(/C=C/C=C/COCOCCOC)CC. The second kappa shape index (κ2) is 17.9. The molecule has 5 nitrogen and oxygen atoms in total. The van der Waals surface area contributed by atoms with E-state index in [4.69, 9.17) is 18.9 Å². The molecule has 138 valence electrons. The normalized spacial score (nSPS) is 13.3. The molecule has 0 saturated carbocycles. The van der Waals surface area contributed by atoms with Crippen molar-refractivity contribution in [3.63, 3.8) is 0 Å². The predicted molar refractivity (Wildman–Crippen MR) is 95.7 cm³/mol. The zero-order valence-corrected chi connectivity index (χ0v) is 15.2. The number of rotatable bonds is 15. The van der Waals surface area contributed by atoms with E-state index in [1.807, 2.05) is 24.3 Å². The van der Waals surface area contributed by atoms with Gasteiger partial charge in [-0.3, -0.25) is 0 Å². The number of hydrogen-bond donors (Lipinski definition) is 0. The quantitative estimate of drug-likeness (QED) is 0.150. The van der Waals surface area contributed by atoms with E-state index < -0.39 is 0 Å². The summed E-state index contributed by atoms with van der Waals surface area (Å²) in [6, 6.07) is 0. The van der Waals surface area contributed by atoms with Crippen LogP contribution in [-0.4, -0.2) is 46.3 Å². The average Bonchev–Trinajstić information content (AvgIpc) is 2.58. The fraction of sp³-hybridized carbons (Fsp3) is 0.632. The van der Waals surface area contributed by atoms with Crippen LogP contribution in [0.1, 0.15) is 33.1 Å². The first-order valence-corrected chi connectivity index (χ1v) is 8.55. The Morgan fingerprint density at radius 1 is 1.08 bits per heavy atom. The lowest BCUT2D eigenvalue weighted by molar-refractivity contribution is -0.137. The summed E-state index contributed by atoms with van der Waals surface area (Å²) in [5.41, 5.74) is 0. The van der Waals surface area contributed by atoms with E-state index in [0.717, 1.165) is 19.3 Å². The maximum Gasteiger partial charge on any atom is 0.330 e. The molecule has 0 aromatic rings. The van der Waals surface area contributed by atoms with E-state index in [1.165, 1.54) is 6.08 Å². The summed E-state index contributed by atoms with van der Waals surface area (Å²) in [7, 11) is 1.64. The standard InChI is InChI=1S/C19H32O5/c1-4-18(12-8-9-13-19(20)24-5-2)11-7-6-10-14-22-17-23-16-15-21-3/h6-7,9-11,13,18H,4-5,8,12,14-17H2,1-3H3/b10-6+,11-7+,13-9+. The molecule has 0 fully saturated rings. The smallest absolute Gasteiger partial charge is 0.330 e. The van der Waals surface area contributed by atoms with Crippen molar-refractivity contribution in [2.75, 3.05) is 40.3 Å². The van der Waals surface area contributed by atoms with E-state index in [1.54, 1.807) is 14.0 Å². The van der Waals surface area contributed by atoms with Crippen LogP contribution in [-0.2, 0) is 23.7 Å². The molecule has 5 heteroatoms. The minimum absolute atomic E-state index is 0.268. The van der Waals surface area contributed by atoms with Gasteiger partial charge in [0.25, 0.3) is 0 Å². The Bertz CT molecular complexity index is 374. The van der Waals surface area contributed by atoms with Gasteiger partial charge in [0.05, 0.1) is 26.4 Å². The summed E-state index contributed by atoms with van der Waals surface area (Å²) in [6.07, 6.45) is 14.5. The largest absolute Gasteiger partial charge is 0.463 e. The van der Waals surface area contributed by atoms with Crippen LogP contribution in [0, 0.1) is 5.92 Å². The zero-order valence-electron chi connectivity index (χ0n) is 15.2. The summed E-state index contributed by atoms with van der Waals surface area (Å²) in [6.45, 7) is 6.31. The van der Waals surface area contributed by atoms with E-state index >= 15 is 0 Å². The van der Waals surface area contributed by atoms with Gasteiger partial charge < -0.3 is 18.9 Å². The van der Waals surface area contributed by atoms with Crippen LogP contribution in [0.4, 0.5) is 0 Å². The molecule has 0 rings (SSSR count). The Kier molecular flexibility index (Phi) is 16.8. The lowest BCUT2D eigenvalue weighted by Crippen LogP contribution is -2.05. The van der Waals surface area contributed by atoms with Crippen LogP contribution in [0.3, 0.4) is 0 Å². The summed E-state index contributed by atoms with van der Waals surface area (Å²) >= 11 is 0. The van der Waals surface area contributed by atoms with Crippen LogP contribution in [0.5, 0.6) is 0 Å². The molecule has 24 heavy (non-hydrogen) atoms. The summed E-state index contributed by atoms with van der Waals surface area (Å²) in [5, 5.41) is 0. The van der Waals surface area contributed by atoms with Gasteiger partial charge in [-0.15, -0.1) is 0 Å². The van der Waals surface area contributed by atoms with Crippen molar-refractivity contribution in [2.24, 2.45) is 5.92 Å². The van der Waals surface area contributed by atoms with Crippen molar-refractivity contribution >= 4 is 5.97 Å². The van der Waals surface area contributed by atoms with Crippen LogP contribution in [0.25, 0.3) is 0 Å². The molecule has 1 atom stereocenters. The Hall–Kier alpha value is -1.43. The molecular formula is C19H32O5. The Morgan fingerprint density at radius 3 is 2.62 bits per heavy atom. The van der Waals surface area contributed by atoms with Crippen LogP contribution in [0.2, 0.25) is 0 Å². The second-order valence-corrected chi connectivity index (χ2v) is 5.10. The zero-order chi connectivity index (χ0) is 17.9. The fourth-order valence-corrected chi connectivity index (χ4v) is 1.85. The third kappa shape index (κ3) is 15.5. The highest BCUT2D eigenvalue weighted by molar-refractivity contribution is 5.81. The maximum absolute atomic E-state index is 11.2. The molecule has 0 bridgehead atoms. The van der Waals surface area contributed by atoms with Gasteiger partial charge in [0.1, 0.15) is 6.79 Å². The van der Waals surface area contributed by atoms with Gasteiger partial charge in [0, 0.05) is 13.2 Å². The lowest BCUT2D eigenvalue weighted by atomic mass is 9.99. The highest BCUT2D eigenvalue weighted by Crippen LogP contribution is 2.13. The molecule has 1 unspecified atom stereocenters. The Labute approximate surface area is 146 Å². The molecule has 0 radical (unpaired) electrons. The highest BCUT2D eigenvalue weighted by atomic mass is 16.7. The van der Waals surface area contributed by atoms with Crippen LogP contribution >= 0.6 is 0 Å². The van der Waals surface area contributed by atoms with Gasteiger partial charge >= 0.3 is 5.97 Å². The van der Waals surface area contributed by atoms with Gasteiger partial charge in [-0.2, -0.15) is 0 Å². The number of ether oxygens (including phenoxy) is 4. The summed E-state index contributed by atoms with van der Waals surface area (Å²) in [5.74, 6) is 0.231. The van der Waals surface area contributed by atoms with Crippen LogP contribution in [0.15, 0.2) is 36.5 Å². The number of allylic oxidation sites excluding steroid dienone is 4. The van der Waals surface area contributed by atoms with Gasteiger partial charge in [-0.25, -0.2) is 4.79 Å². The minimum Gasteiger partial charge on any atom is -0.463 e. The van der Waals surface area contributed by atoms with Crippen molar-refractivity contribution < 1.29 is 23.7 Å². The van der Waals surface area contributed by atoms with E-state index in [9.17, 15) is 4.79 Å². The third-order valence-corrected chi connectivity index (χ3v) is 3.21. The van der Waals surface area contributed by atoms with E-state index in [-0.39, 0.29) is 12.8 Å². The minimum atomic E-state index is -0.268. The molecule has 0 aromatic carbocycles. The molecule has 0 aliphatic rings. The van der Waals surface area contributed by atoms with Crippen molar-refractivity contribution in [2.45, 2.75) is 33.1 Å². The molecule has 0 heterocycles. The second-order valence-electron chi connectivity index (χ2n) is 5.10. The van der Waals surface area contributed by atoms with E-state index in [0.29, 0.717) is 32.3 Å². The first-order valence-electron chi connectivity index (χ1n) is 8.55. The molecular weight excluding hydrogens is 308 g/mol. The molecule has 0 amide bonds. The third-order valence-electron chi connectivity index (χ3n) is 3.21. The fourth-order valence-electron chi connectivity index (χ4n) is 1.85. The molecule has 0 aliphatic heterocycles. The van der Waals surface area contributed by atoms with Gasteiger partial charge in [-0.1, -0.05) is 37.3 Å². The van der Waals surface area contributed by atoms with Gasteiger partial charge in [-0.05, 0) is 32.1 Å². The molecule has 0 aliphatic carbocycles. The monoisotopic (exact) mass is 340 g/mol. The van der Waals surface area contributed by atoms with E-state index in [2.05, 4.69) is 13.0 Å². The Morgan fingerprint density at radius 2 is 1.92 bits per heavy atom. The topological polar surface area (TPSA) is 54.0 Å². The number of carbonyl (C=O) groups excluding carboxylic acids is 1. The predicted octanol–water partition coefficient (Wildman–Crippen LogP) is 3.66. The number of hydrogen-bond acceptors (Lipinski definition) is 5. The number of methoxy groups -OCH3 is 1. The average molecular weight is 340 g/mol. The molecule has 0 spiro atoms. The van der Waals surface area contributed by atoms with Gasteiger partial charge in [0.2, 0.25) is 0 Å². The highest BCUT2D eigenvalue weighted by Gasteiger charge is 2.00. The summed E-state index contributed by atoms with van der Waals surface area (Å²) < 4.78 is 20.2. The van der Waals surface area contributed by atoms with Crippen molar-refractivity contribution in [1.29, 1.82) is 0 Å². The number of carbonyl (C=O) groups is 1. The van der Waals surface area contributed by atoms with Crippen molar-refractivity contribution in [1.82, 2.24) is 0 Å². The lowest BCUT2D eigenvalue weighted by Gasteiger charge is -2.07. The Balaban J connectivity index is 3.76. The molecule has 0 aromatic heterocycles. The maximum atomic E-state index is 11.2. The summed E-state index contributed by atoms with van der Waals surface area (Å²) in [4.78, 5) is 11.2. The van der Waals surface area contributed by atoms with Gasteiger partial charge in [0.15, 0.2) is 0 Å².